The fraction of sp³-hybridized carbons (Fsp3) is 0.500. The topological polar surface area (TPSA) is 105 Å². The van der Waals surface area contributed by atoms with Crippen LogP contribution in [0, 0.1) is 5.92 Å². The summed E-state index contributed by atoms with van der Waals surface area (Å²) in [5, 5.41) is 2.95. The normalized spacial score (nSPS) is 12.1. The summed E-state index contributed by atoms with van der Waals surface area (Å²) >= 11 is 0. The Morgan fingerprint density at radius 3 is 2.21 bits per heavy atom. The van der Waals surface area contributed by atoms with Crippen LogP contribution in [0.25, 0.3) is 0 Å². The van der Waals surface area contributed by atoms with Gasteiger partial charge in [-0.15, -0.1) is 0 Å². The van der Waals surface area contributed by atoms with Gasteiger partial charge in [0.15, 0.2) is 0 Å². The molecule has 38 heavy (non-hydrogen) atoms. The first-order valence-corrected chi connectivity index (χ1v) is 14.7. The molecule has 0 unspecified atom stereocenters. The molecule has 9 nitrogen and oxygen atoms in total. The van der Waals surface area contributed by atoms with E-state index in [9.17, 15) is 18.0 Å². The van der Waals surface area contributed by atoms with Gasteiger partial charge in [-0.1, -0.05) is 39.0 Å². The zero-order chi connectivity index (χ0) is 28.3. The summed E-state index contributed by atoms with van der Waals surface area (Å²) in [6.45, 7) is 6.78. The lowest BCUT2D eigenvalue weighted by molar-refractivity contribution is -0.141. The van der Waals surface area contributed by atoms with E-state index in [-0.39, 0.29) is 43.7 Å². The highest BCUT2D eigenvalue weighted by Gasteiger charge is 2.29. The number of anilines is 1. The maximum absolute atomic E-state index is 13.5. The number of hydrogen-bond donors (Lipinski definition) is 1. The van der Waals surface area contributed by atoms with Gasteiger partial charge in [0.1, 0.15) is 17.5 Å². The monoisotopic (exact) mass is 547 g/mol. The number of ether oxygens (including phenoxy) is 2. The lowest BCUT2D eigenvalue weighted by Gasteiger charge is -2.31. The molecule has 2 rings (SSSR count). The predicted molar refractivity (Wildman–Crippen MR) is 150 cm³/mol. The second-order valence-electron chi connectivity index (χ2n) is 9.57. The molecule has 0 bridgehead atoms. The van der Waals surface area contributed by atoms with Gasteiger partial charge in [-0.25, -0.2) is 8.42 Å². The van der Waals surface area contributed by atoms with Crippen molar-refractivity contribution in [2.24, 2.45) is 5.92 Å². The van der Waals surface area contributed by atoms with Gasteiger partial charge in [-0.2, -0.15) is 0 Å². The van der Waals surface area contributed by atoms with Crippen molar-refractivity contribution >= 4 is 27.5 Å². The van der Waals surface area contributed by atoms with Crippen LogP contribution in [0.5, 0.6) is 11.5 Å². The van der Waals surface area contributed by atoms with E-state index in [0.29, 0.717) is 30.2 Å². The molecular weight excluding hydrogens is 506 g/mol. The molecule has 0 radical (unpaired) electrons. The molecule has 2 aromatic rings. The molecule has 1 atom stereocenters. The molecule has 0 spiro atoms. The van der Waals surface area contributed by atoms with Crippen LogP contribution in [-0.2, 0) is 26.2 Å². The number of hydrogen-bond acceptors (Lipinski definition) is 6. The Kier molecular flexibility index (Phi) is 11.9. The summed E-state index contributed by atoms with van der Waals surface area (Å²) in [7, 11) is -0.488. The molecule has 0 aliphatic rings. The average Bonchev–Trinajstić information content (AvgIpc) is 2.89. The van der Waals surface area contributed by atoms with E-state index in [0.717, 1.165) is 11.8 Å². The number of carbonyl (C=O) groups excluding carboxylic acids is 2. The summed E-state index contributed by atoms with van der Waals surface area (Å²) in [5.74, 6) is 1.10. The summed E-state index contributed by atoms with van der Waals surface area (Å²) in [5.41, 5.74) is 1.33. The van der Waals surface area contributed by atoms with Crippen LogP contribution in [0.4, 0.5) is 5.69 Å². The minimum atomic E-state index is -3.59. The van der Waals surface area contributed by atoms with Crippen LogP contribution < -0.4 is 19.1 Å². The zero-order valence-corrected chi connectivity index (χ0v) is 24.1. The van der Waals surface area contributed by atoms with Crippen LogP contribution >= 0.6 is 0 Å². The Hall–Kier alpha value is -3.27. The number of rotatable bonds is 15. The lowest BCUT2D eigenvalue weighted by atomic mass is 10.1. The van der Waals surface area contributed by atoms with E-state index in [4.69, 9.17) is 9.47 Å². The minimum absolute atomic E-state index is 0.0834. The minimum Gasteiger partial charge on any atom is -0.497 e. The molecular formula is C28H41N3O6S. The fourth-order valence-corrected chi connectivity index (χ4v) is 5.00. The highest BCUT2D eigenvalue weighted by Crippen LogP contribution is 2.24. The van der Waals surface area contributed by atoms with Gasteiger partial charge >= 0.3 is 0 Å². The first kappa shape index (κ1) is 31.0. The maximum atomic E-state index is 13.5. The van der Waals surface area contributed by atoms with Crippen molar-refractivity contribution in [3.8, 4) is 11.5 Å². The SMILES string of the molecule is CC[C@H](C(=O)NCC(C)C)N(Cc1ccc(OC)cc1)C(=O)CCCN(c1cccc(OC)c1)S(C)(=O)=O. The van der Waals surface area contributed by atoms with Gasteiger partial charge in [-0.3, -0.25) is 13.9 Å². The van der Waals surface area contributed by atoms with Gasteiger partial charge in [0, 0.05) is 32.1 Å². The van der Waals surface area contributed by atoms with E-state index < -0.39 is 16.1 Å². The molecule has 0 saturated carbocycles. The maximum Gasteiger partial charge on any atom is 0.242 e. The van der Waals surface area contributed by atoms with Crippen molar-refractivity contribution < 1.29 is 27.5 Å². The van der Waals surface area contributed by atoms with Crippen LogP contribution in [0.15, 0.2) is 48.5 Å². The molecule has 0 aliphatic carbocycles. The molecule has 0 heterocycles. The number of methoxy groups -OCH3 is 2. The second-order valence-corrected chi connectivity index (χ2v) is 11.5. The quantitative estimate of drug-likeness (QED) is 0.363. The molecule has 0 aromatic heterocycles. The molecule has 10 heteroatoms. The van der Waals surface area contributed by atoms with E-state index >= 15 is 0 Å². The molecule has 0 fully saturated rings. The molecule has 2 amide bonds. The number of nitrogens with zero attached hydrogens (tertiary/aromatic N) is 2. The Labute approximate surface area is 227 Å². The van der Waals surface area contributed by atoms with Gasteiger partial charge < -0.3 is 19.7 Å². The van der Waals surface area contributed by atoms with Crippen LogP contribution in [-0.4, -0.2) is 64.7 Å². The van der Waals surface area contributed by atoms with Gasteiger partial charge in [-0.05, 0) is 48.6 Å². The van der Waals surface area contributed by atoms with Crippen molar-refractivity contribution in [3.63, 3.8) is 0 Å². The highest BCUT2D eigenvalue weighted by atomic mass is 32.2. The third-order valence-electron chi connectivity index (χ3n) is 6.08. The predicted octanol–water partition coefficient (Wildman–Crippen LogP) is 3.83. The zero-order valence-electron chi connectivity index (χ0n) is 23.3. The van der Waals surface area contributed by atoms with Gasteiger partial charge in [0.05, 0.1) is 26.2 Å². The number of sulfonamides is 1. The van der Waals surface area contributed by atoms with E-state index in [2.05, 4.69) is 5.32 Å². The van der Waals surface area contributed by atoms with Crippen LogP contribution in [0.3, 0.4) is 0 Å². The molecule has 2 aromatic carbocycles. The number of nitrogens with one attached hydrogen (secondary N) is 1. The third-order valence-corrected chi connectivity index (χ3v) is 7.27. The number of benzene rings is 2. The molecule has 0 saturated heterocycles. The third kappa shape index (κ3) is 9.24. The van der Waals surface area contributed by atoms with Gasteiger partial charge in [0.25, 0.3) is 0 Å². The summed E-state index contributed by atoms with van der Waals surface area (Å²) in [6, 6.07) is 13.5. The largest absolute Gasteiger partial charge is 0.497 e. The lowest BCUT2D eigenvalue weighted by Crippen LogP contribution is -2.49. The summed E-state index contributed by atoms with van der Waals surface area (Å²) in [4.78, 5) is 28.2. The van der Waals surface area contributed by atoms with Crippen LogP contribution in [0.2, 0.25) is 0 Å². The average molecular weight is 548 g/mol. The number of carbonyl (C=O) groups is 2. The fourth-order valence-electron chi connectivity index (χ4n) is 4.04. The first-order valence-electron chi connectivity index (χ1n) is 12.8. The van der Waals surface area contributed by atoms with E-state index in [1.165, 1.54) is 11.4 Å². The van der Waals surface area contributed by atoms with Crippen molar-refractivity contribution in [2.75, 3.05) is 37.9 Å². The Balaban J connectivity index is 2.22. The van der Waals surface area contributed by atoms with E-state index in [1.807, 2.05) is 45.0 Å². The summed E-state index contributed by atoms with van der Waals surface area (Å²) < 4.78 is 36.8. The Morgan fingerprint density at radius 2 is 1.66 bits per heavy atom. The van der Waals surface area contributed by atoms with Gasteiger partial charge in [0.2, 0.25) is 21.8 Å². The molecule has 1 N–H and O–H groups in total. The standard InChI is InChI=1S/C28H41N3O6S/c1-7-26(28(33)29-19-21(2)3)30(20-22-13-15-24(36-4)16-14-22)27(32)12-9-17-31(38(6,34)35)23-10-8-11-25(18-23)37-5/h8,10-11,13-16,18,21,26H,7,9,12,17,19-20H2,1-6H3,(H,29,33)/t26-/m1/s1. The Bertz CT molecular complexity index is 1150. The van der Waals surface area contributed by atoms with Crippen molar-refractivity contribution in [1.29, 1.82) is 0 Å². The summed E-state index contributed by atoms with van der Waals surface area (Å²) in [6.07, 6.45) is 1.95. The van der Waals surface area contributed by atoms with Crippen molar-refractivity contribution in [2.45, 2.75) is 52.6 Å². The molecule has 0 aliphatic heterocycles. The smallest absolute Gasteiger partial charge is 0.242 e. The number of amides is 2. The van der Waals surface area contributed by atoms with E-state index in [1.54, 1.807) is 36.3 Å². The second kappa shape index (κ2) is 14.6. The van der Waals surface area contributed by atoms with Crippen molar-refractivity contribution in [1.82, 2.24) is 10.2 Å². The van der Waals surface area contributed by atoms with Crippen LogP contribution in [0.1, 0.15) is 45.6 Å². The Morgan fingerprint density at radius 1 is 1.00 bits per heavy atom. The highest BCUT2D eigenvalue weighted by molar-refractivity contribution is 7.92. The van der Waals surface area contributed by atoms with Crippen molar-refractivity contribution in [3.05, 3.63) is 54.1 Å². The first-order chi connectivity index (χ1) is 18.0. The molecule has 210 valence electrons.